The quantitative estimate of drug-likeness (QED) is 0.144. The highest BCUT2D eigenvalue weighted by Gasteiger charge is 2.68. The van der Waals surface area contributed by atoms with Crippen LogP contribution in [0.2, 0.25) is 0 Å². The lowest BCUT2D eigenvalue weighted by Crippen LogP contribution is -3.00. The van der Waals surface area contributed by atoms with Gasteiger partial charge in [0.15, 0.2) is 0 Å². The first-order valence-corrected chi connectivity index (χ1v) is 12.7. The normalized spacial score (nSPS) is 33.0. The van der Waals surface area contributed by atoms with Crippen molar-refractivity contribution < 1.29 is 41.1 Å². The molecule has 186 valence electrons. The summed E-state index contributed by atoms with van der Waals surface area (Å²) in [7, 11) is 1.60. The van der Waals surface area contributed by atoms with Gasteiger partial charge < -0.3 is 42.0 Å². The lowest BCUT2D eigenvalue weighted by molar-refractivity contribution is -0.169. The highest BCUT2D eigenvalue weighted by molar-refractivity contribution is 7.78. The second kappa shape index (κ2) is 12.1. The van der Waals surface area contributed by atoms with Gasteiger partial charge in [-0.05, 0) is 57.4 Å². The average molecular weight is 545 g/mol. The van der Waals surface area contributed by atoms with Crippen LogP contribution in [0.5, 0.6) is 0 Å². The number of nitrogens with two attached hydrogens (primary N) is 1. The van der Waals surface area contributed by atoms with Crippen LogP contribution in [0.15, 0.2) is 42.0 Å². The summed E-state index contributed by atoms with van der Waals surface area (Å²) >= 11 is 1.18. The number of ether oxygens (including phenoxy) is 3. The van der Waals surface area contributed by atoms with Gasteiger partial charge in [-0.15, -0.1) is 0 Å². The van der Waals surface area contributed by atoms with Gasteiger partial charge in [-0.3, -0.25) is 0 Å². The summed E-state index contributed by atoms with van der Waals surface area (Å²) in [5.41, 5.74) is 6.34. The molecule has 1 aliphatic carbocycles. The summed E-state index contributed by atoms with van der Waals surface area (Å²) in [5.74, 6) is 1.27. The number of rotatable bonds is 10. The number of benzene rings is 1. The monoisotopic (exact) mass is 543 g/mol. The van der Waals surface area contributed by atoms with Crippen molar-refractivity contribution in [3.8, 4) is 0 Å². The van der Waals surface area contributed by atoms with E-state index in [2.05, 4.69) is 44.2 Å². The number of hydrogen-bond donors (Lipinski definition) is 2. The third-order valence-electron chi connectivity index (χ3n) is 6.80. The molecular formula is C25H38BrNO5S. The zero-order valence-corrected chi connectivity index (χ0v) is 22.5. The highest BCUT2D eigenvalue weighted by atomic mass is 79.9. The van der Waals surface area contributed by atoms with Crippen LogP contribution in [0, 0.1) is 5.92 Å². The standard InChI is InChI=1S/C25H37NO5S.BrH/c1-17(2)10-11-20-24(3,31-20)22-21(29-4)19(30-23(26)27)12-14-25(22,28)16-32-15-13-18-8-6-5-7-9-18;/h5-10,19-22,28H,11-16H2,1-4H3,(H2,26,27);1H. The second-order valence-electron chi connectivity index (χ2n) is 9.44. The zero-order chi connectivity index (χ0) is 23.4. The fourth-order valence-corrected chi connectivity index (χ4v) is 6.45. The Morgan fingerprint density at radius 1 is 1.33 bits per heavy atom. The number of allylic oxidation sites excluding steroid dienone is 1. The van der Waals surface area contributed by atoms with Crippen LogP contribution in [0.3, 0.4) is 0 Å². The first-order chi connectivity index (χ1) is 15.2. The largest absolute Gasteiger partial charge is 1.00 e. The summed E-state index contributed by atoms with van der Waals surface area (Å²) in [5, 5.41) is 11.9. The molecule has 3 rings (SSSR count). The van der Waals surface area contributed by atoms with Crippen LogP contribution in [0.4, 0.5) is 4.79 Å². The summed E-state index contributed by atoms with van der Waals surface area (Å²) in [6, 6.07) is 10.4. The summed E-state index contributed by atoms with van der Waals surface area (Å²) < 4.78 is 17.4. The number of carbonyl (C=O) groups is 1. The van der Waals surface area contributed by atoms with E-state index in [0.29, 0.717) is 18.6 Å². The second-order valence-corrected chi connectivity index (χ2v) is 10.7. The van der Waals surface area contributed by atoms with Gasteiger partial charge in [0.05, 0.1) is 12.0 Å². The topological polar surface area (TPSA) is 94.3 Å². The Balaban J connectivity index is 0.00000385. The van der Waals surface area contributed by atoms with Crippen LogP contribution >= 0.6 is 0 Å². The van der Waals surface area contributed by atoms with E-state index in [9.17, 15) is 9.90 Å². The van der Waals surface area contributed by atoms with Gasteiger partial charge in [-0.1, -0.05) is 42.0 Å². The van der Waals surface area contributed by atoms with Gasteiger partial charge in [0.1, 0.15) is 34.9 Å². The Labute approximate surface area is 212 Å². The van der Waals surface area contributed by atoms with Crippen molar-refractivity contribution in [1.29, 1.82) is 0 Å². The first kappa shape index (κ1) is 28.2. The number of halogens is 1. The van der Waals surface area contributed by atoms with Crippen molar-refractivity contribution in [1.82, 2.24) is 0 Å². The molecule has 0 aromatic heterocycles. The molecule has 8 heteroatoms. The van der Waals surface area contributed by atoms with Crippen molar-refractivity contribution in [3.63, 3.8) is 0 Å². The van der Waals surface area contributed by atoms with E-state index in [0.717, 1.165) is 18.6 Å². The molecule has 0 radical (unpaired) electrons. The number of carbonyl (C=O) groups excluding carboxylic acids is 1. The maximum absolute atomic E-state index is 11.9. The summed E-state index contributed by atoms with van der Waals surface area (Å²) in [6.07, 6.45) is 3.16. The van der Waals surface area contributed by atoms with Gasteiger partial charge in [0, 0.05) is 13.5 Å². The third-order valence-corrected chi connectivity index (χ3v) is 8.11. The van der Waals surface area contributed by atoms with Crippen molar-refractivity contribution in [2.45, 2.75) is 76.0 Å². The van der Waals surface area contributed by atoms with Gasteiger partial charge >= 0.3 is 6.09 Å². The Morgan fingerprint density at radius 2 is 2.03 bits per heavy atom. The maximum atomic E-state index is 11.9. The molecule has 1 saturated carbocycles. The van der Waals surface area contributed by atoms with Crippen LogP contribution in [0.25, 0.3) is 0 Å². The number of aryl methyl sites for hydroxylation is 1. The number of thiol groups is 1. The predicted octanol–water partition coefficient (Wildman–Crippen LogP) is 0.182. The molecule has 0 spiro atoms. The van der Waals surface area contributed by atoms with Crippen molar-refractivity contribution in [2.24, 2.45) is 11.7 Å². The Kier molecular flexibility index (Phi) is 10.3. The van der Waals surface area contributed by atoms with E-state index < -0.39 is 29.5 Å². The molecule has 6 atom stereocenters. The van der Waals surface area contributed by atoms with E-state index >= 15 is 0 Å². The van der Waals surface area contributed by atoms with Crippen molar-refractivity contribution >= 4 is 17.9 Å². The van der Waals surface area contributed by atoms with Crippen molar-refractivity contribution in [3.05, 3.63) is 47.5 Å². The zero-order valence-electron chi connectivity index (χ0n) is 20.0. The molecule has 1 aliphatic heterocycles. The molecule has 1 aromatic rings. The SMILES string of the molecule is COC1C(OC(N)=O)CCC(O)(C[SH+]CCc2ccccc2)C1C1(C)OC1CC=C(C)C.[Br-]. The molecule has 6 unspecified atom stereocenters. The molecule has 0 bridgehead atoms. The molecule has 6 nitrogen and oxygen atoms in total. The van der Waals surface area contributed by atoms with Crippen LogP contribution < -0.4 is 22.7 Å². The highest BCUT2D eigenvalue weighted by Crippen LogP contribution is 2.54. The lowest BCUT2D eigenvalue weighted by atomic mass is 9.66. The Bertz CT molecular complexity index is 805. The van der Waals surface area contributed by atoms with E-state index in [4.69, 9.17) is 19.9 Å². The Morgan fingerprint density at radius 3 is 2.64 bits per heavy atom. The van der Waals surface area contributed by atoms with Crippen molar-refractivity contribution in [2.75, 3.05) is 18.6 Å². The molecule has 3 N–H and O–H groups in total. The van der Waals surface area contributed by atoms with Gasteiger partial charge in [-0.25, -0.2) is 4.79 Å². The summed E-state index contributed by atoms with van der Waals surface area (Å²) in [4.78, 5) is 11.5. The fraction of sp³-hybridized carbons (Fsp3) is 0.640. The number of epoxide rings is 1. The molecule has 2 aliphatic rings. The van der Waals surface area contributed by atoms with Crippen LogP contribution in [-0.2, 0) is 32.4 Å². The van der Waals surface area contributed by atoms with Gasteiger partial charge in [-0.2, -0.15) is 0 Å². The number of aliphatic hydroxyl groups is 1. The average Bonchev–Trinajstić information content (AvgIpc) is 3.41. The van der Waals surface area contributed by atoms with E-state index in [1.54, 1.807) is 7.11 Å². The number of hydrogen-bond acceptors (Lipinski definition) is 5. The summed E-state index contributed by atoms with van der Waals surface area (Å²) in [6.45, 7) is 6.18. The van der Waals surface area contributed by atoms with Crippen LogP contribution in [0.1, 0.15) is 45.6 Å². The van der Waals surface area contributed by atoms with E-state index in [-0.39, 0.29) is 29.0 Å². The number of amides is 1. The molecule has 2 fully saturated rings. The van der Waals surface area contributed by atoms with Gasteiger partial charge in [0.2, 0.25) is 0 Å². The molecule has 1 aromatic carbocycles. The first-order valence-electron chi connectivity index (χ1n) is 11.4. The smallest absolute Gasteiger partial charge is 0.404 e. The predicted molar refractivity (Wildman–Crippen MR) is 129 cm³/mol. The number of primary amides is 1. The molecular weight excluding hydrogens is 506 g/mol. The van der Waals surface area contributed by atoms with E-state index in [1.165, 1.54) is 22.9 Å². The Hall–Kier alpha value is -1.06. The molecule has 33 heavy (non-hydrogen) atoms. The third kappa shape index (κ3) is 6.98. The number of methoxy groups -OCH3 is 1. The lowest BCUT2D eigenvalue weighted by Gasteiger charge is -2.47. The van der Waals surface area contributed by atoms with Gasteiger partial charge in [0.25, 0.3) is 0 Å². The van der Waals surface area contributed by atoms with E-state index in [1.807, 2.05) is 13.0 Å². The minimum atomic E-state index is -0.967. The maximum Gasteiger partial charge on any atom is 0.404 e. The molecule has 1 heterocycles. The fourth-order valence-electron chi connectivity index (χ4n) is 5.13. The van der Waals surface area contributed by atoms with Crippen LogP contribution in [-0.4, -0.2) is 59.3 Å². The minimum absolute atomic E-state index is 0. The minimum Gasteiger partial charge on any atom is -1.00 e. The molecule has 1 saturated heterocycles. The molecule has 1 amide bonds.